The highest BCUT2D eigenvalue weighted by Gasteiger charge is 2.11. The second-order valence-electron chi connectivity index (χ2n) is 5.41. The maximum atomic E-state index is 13.5. The summed E-state index contributed by atoms with van der Waals surface area (Å²) in [5.41, 5.74) is 3.76. The fourth-order valence-electron chi connectivity index (χ4n) is 2.76. The average Bonchev–Trinajstić information content (AvgIpc) is 2.53. The van der Waals surface area contributed by atoms with Crippen molar-refractivity contribution in [3.63, 3.8) is 0 Å². The van der Waals surface area contributed by atoms with Gasteiger partial charge in [0.15, 0.2) is 5.78 Å². The molecule has 0 aromatic heterocycles. The predicted octanol–water partition coefficient (Wildman–Crippen LogP) is 4.60. The van der Waals surface area contributed by atoms with Gasteiger partial charge in [0.2, 0.25) is 0 Å². The highest BCUT2D eigenvalue weighted by Crippen LogP contribution is 2.22. The van der Waals surface area contributed by atoms with Gasteiger partial charge in [0, 0.05) is 11.1 Å². The molecule has 21 heavy (non-hydrogen) atoms. The average molecular weight is 280 g/mol. The van der Waals surface area contributed by atoms with Gasteiger partial charge in [-0.15, -0.1) is 0 Å². The highest BCUT2D eigenvalue weighted by molar-refractivity contribution is 6.07. The van der Waals surface area contributed by atoms with Crippen LogP contribution >= 0.6 is 0 Å². The Hall–Kier alpha value is -2.22. The summed E-state index contributed by atoms with van der Waals surface area (Å²) in [4.78, 5) is 12.2. The van der Waals surface area contributed by atoms with E-state index in [1.807, 2.05) is 12.1 Å². The van der Waals surface area contributed by atoms with Crippen LogP contribution in [0.2, 0.25) is 0 Å². The van der Waals surface area contributed by atoms with E-state index in [1.165, 1.54) is 42.2 Å². The molecule has 0 heterocycles. The Bertz CT molecular complexity index is 700. The molecule has 0 spiro atoms. The number of rotatable bonds is 3. The predicted molar refractivity (Wildman–Crippen MR) is 82.8 cm³/mol. The lowest BCUT2D eigenvalue weighted by molar-refractivity contribution is 0.104. The molecule has 1 aliphatic rings. The first kappa shape index (κ1) is 13.7. The summed E-state index contributed by atoms with van der Waals surface area (Å²) in [5.74, 6) is -0.390. The van der Waals surface area contributed by atoms with Gasteiger partial charge in [0.1, 0.15) is 5.82 Å². The summed E-state index contributed by atoms with van der Waals surface area (Å²) in [6, 6.07) is 12.4. The van der Waals surface area contributed by atoms with Gasteiger partial charge in [-0.05, 0) is 61.1 Å². The molecule has 0 amide bonds. The Morgan fingerprint density at radius 3 is 2.57 bits per heavy atom. The molecule has 0 saturated carbocycles. The van der Waals surface area contributed by atoms with Crippen molar-refractivity contribution in [2.75, 3.05) is 0 Å². The summed E-state index contributed by atoms with van der Waals surface area (Å²) < 4.78 is 13.5. The Balaban J connectivity index is 1.81. The highest BCUT2D eigenvalue weighted by atomic mass is 19.1. The summed E-state index contributed by atoms with van der Waals surface area (Å²) in [6.45, 7) is 0. The molecule has 0 aliphatic heterocycles. The molecule has 0 N–H and O–H groups in total. The molecule has 0 saturated heterocycles. The number of hydrogen-bond donors (Lipinski definition) is 0. The maximum absolute atomic E-state index is 13.5. The van der Waals surface area contributed by atoms with Crippen LogP contribution in [0, 0.1) is 5.82 Å². The molecule has 2 aromatic rings. The number of allylic oxidation sites excluding steroid dienone is 1. The number of hydrogen-bond acceptors (Lipinski definition) is 1. The SMILES string of the molecule is O=C(/C=C/c1ccccc1F)c1ccc2c(c1)CCCC2. The van der Waals surface area contributed by atoms with Crippen molar-refractivity contribution in [2.45, 2.75) is 25.7 Å². The van der Waals surface area contributed by atoms with Gasteiger partial charge in [-0.3, -0.25) is 4.79 Å². The van der Waals surface area contributed by atoms with Crippen molar-refractivity contribution in [1.29, 1.82) is 0 Å². The van der Waals surface area contributed by atoms with Crippen LogP contribution in [0.15, 0.2) is 48.5 Å². The molecule has 3 rings (SSSR count). The van der Waals surface area contributed by atoms with Crippen molar-refractivity contribution in [3.05, 3.63) is 76.6 Å². The van der Waals surface area contributed by atoms with E-state index in [-0.39, 0.29) is 11.6 Å². The largest absolute Gasteiger partial charge is 0.289 e. The van der Waals surface area contributed by atoms with Gasteiger partial charge in [-0.25, -0.2) is 4.39 Å². The van der Waals surface area contributed by atoms with Crippen LogP contribution < -0.4 is 0 Å². The number of benzene rings is 2. The molecular formula is C19H17FO. The molecule has 1 nitrogen and oxygen atoms in total. The summed E-state index contributed by atoms with van der Waals surface area (Å²) in [6.07, 6.45) is 7.56. The van der Waals surface area contributed by atoms with E-state index in [2.05, 4.69) is 6.07 Å². The smallest absolute Gasteiger partial charge is 0.185 e. The minimum Gasteiger partial charge on any atom is -0.289 e. The van der Waals surface area contributed by atoms with Crippen LogP contribution in [-0.4, -0.2) is 5.78 Å². The summed E-state index contributed by atoms with van der Waals surface area (Å²) in [7, 11) is 0. The lowest BCUT2D eigenvalue weighted by atomic mass is 9.90. The van der Waals surface area contributed by atoms with Crippen molar-refractivity contribution >= 4 is 11.9 Å². The summed E-state index contributed by atoms with van der Waals surface area (Å²) >= 11 is 0. The van der Waals surface area contributed by atoms with Crippen molar-refractivity contribution < 1.29 is 9.18 Å². The third kappa shape index (κ3) is 3.10. The fourth-order valence-corrected chi connectivity index (χ4v) is 2.76. The van der Waals surface area contributed by atoms with E-state index in [4.69, 9.17) is 0 Å². The third-order valence-corrected chi connectivity index (χ3v) is 3.95. The first-order chi connectivity index (χ1) is 10.2. The van der Waals surface area contributed by atoms with Crippen LogP contribution in [0.3, 0.4) is 0 Å². The van der Waals surface area contributed by atoms with Crippen LogP contribution in [0.25, 0.3) is 6.08 Å². The quantitative estimate of drug-likeness (QED) is 0.593. The molecule has 2 heteroatoms. The zero-order chi connectivity index (χ0) is 14.7. The van der Waals surface area contributed by atoms with Crippen molar-refractivity contribution in [3.8, 4) is 0 Å². The first-order valence-electron chi connectivity index (χ1n) is 7.33. The second-order valence-corrected chi connectivity index (χ2v) is 5.41. The van der Waals surface area contributed by atoms with Gasteiger partial charge in [0.25, 0.3) is 0 Å². The molecule has 0 bridgehead atoms. The zero-order valence-electron chi connectivity index (χ0n) is 11.8. The number of carbonyl (C=O) groups is 1. The molecule has 2 aromatic carbocycles. The van der Waals surface area contributed by atoms with Gasteiger partial charge in [0.05, 0.1) is 0 Å². The number of ketones is 1. The lowest BCUT2D eigenvalue weighted by Crippen LogP contribution is -2.05. The molecule has 0 unspecified atom stereocenters. The topological polar surface area (TPSA) is 17.1 Å². The number of carbonyl (C=O) groups excluding carboxylic acids is 1. The Morgan fingerprint density at radius 2 is 1.76 bits per heavy atom. The number of fused-ring (bicyclic) bond motifs is 1. The van der Waals surface area contributed by atoms with E-state index < -0.39 is 0 Å². The van der Waals surface area contributed by atoms with Crippen LogP contribution in [0.1, 0.15) is 39.9 Å². The van der Waals surface area contributed by atoms with Crippen LogP contribution in [0.5, 0.6) is 0 Å². The Morgan fingerprint density at radius 1 is 1.00 bits per heavy atom. The number of aryl methyl sites for hydroxylation is 2. The monoisotopic (exact) mass is 280 g/mol. The molecular weight excluding hydrogens is 263 g/mol. The second kappa shape index (κ2) is 6.04. The van der Waals surface area contributed by atoms with E-state index >= 15 is 0 Å². The zero-order valence-corrected chi connectivity index (χ0v) is 11.8. The molecule has 0 radical (unpaired) electrons. The number of halogens is 1. The maximum Gasteiger partial charge on any atom is 0.185 e. The van der Waals surface area contributed by atoms with E-state index in [0.717, 1.165) is 12.8 Å². The van der Waals surface area contributed by atoms with Gasteiger partial charge in [-0.2, -0.15) is 0 Å². The fraction of sp³-hybridized carbons (Fsp3) is 0.211. The van der Waals surface area contributed by atoms with E-state index in [1.54, 1.807) is 18.2 Å². The standard InChI is InChI=1S/C19H17FO/c20-18-8-4-3-6-15(18)11-12-19(21)17-10-9-14-5-1-2-7-16(14)13-17/h3-4,6,8-13H,1-2,5,7H2/b12-11+. The van der Waals surface area contributed by atoms with Gasteiger partial charge < -0.3 is 0 Å². The Labute approximate surface area is 124 Å². The molecule has 1 aliphatic carbocycles. The van der Waals surface area contributed by atoms with Gasteiger partial charge >= 0.3 is 0 Å². The Kier molecular flexibility index (Phi) is 3.96. The third-order valence-electron chi connectivity index (χ3n) is 3.95. The van der Waals surface area contributed by atoms with Crippen molar-refractivity contribution in [2.24, 2.45) is 0 Å². The van der Waals surface area contributed by atoms with E-state index in [0.29, 0.717) is 11.1 Å². The van der Waals surface area contributed by atoms with Crippen LogP contribution in [0.4, 0.5) is 4.39 Å². The normalized spacial score (nSPS) is 14.1. The molecule has 0 atom stereocenters. The van der Waals surface area contributed by atoms with E-state index in [9.17, 15) is 9.18 Å². The minimum atomic E-state index is -0.313. The molecule has 106 valence electrons. The van der Waals surface area contributed by atoms with Gasteiger partial charge in [-0.1, -0.05) is 30.3 Å². The molecule has 0 fully saturated rings. The minimum absolute atomic E-state index is 0.0772. The van der Waals surface area contributed by atoms with Crippen LogP contribution in [-0.2, 0) is 12.8 Å². The summed E-state index contributed by atoms with van der Waals surface area (Å²) in [5, 5.41) is 0. The lowest BCUT2D eigenvalue weighted by Gasteiger charge is -2.15. The van der Waals surface area contributed by atoms with Crippen molar-refractivity contribution in [1.82, 2.24) is 0 Å². The first-order valence-corrected chi connectivity index (χ1v) is 7.33.